The minimum Gasteiger partial charge on any atom is -0.458 e. The van der Waals surface area contributed by atoms with Gasteiger partial charge in [0.2, 0.25) is 6.71 Å². The first-order valence-electron chi connectivity index (χ1n) is 7.05. The van der Waals surface area contributed by atoms with Crippen molar-refractivity contribution >= 4 is 31.2 Å². The molecule has 0 radical (unpaired) electrons. The smallest absolute Gasteiger partial charge is 0.252 e. The van der Waals surface area contributed by atoms with E-state index in [0.29, 0.717) is 6.71 Å². The maximum atomic E-state index is 7.00. The molecule has 0 saturated heterocycles. The lowest BCUT2D eigenvalue weighted by atomic mass is 9.37. The van der Waals surface area contributed by atoms with Crippen molar-refractivity contribution in [2.24, 2.45) is 0 Å². The van der Waals surface area contributed by atoms with Crippen molar-refractivity contribution in [2.75, 3.05) is 0 Å². The van der Waals surface area contributed by atoms with E-state index in [9.17, 15) is 0 Å². The van der Waals surface area contributed by atoms with Crippen molar-refractivity contribution in [2.45, 2.75) is 0 Å². The van der Waals surface area contributed by atoms with E-state index in [1.54, 1.807) is 0 Å². The average molecular weight is 272 g/mol. The summed E-state index contributed by atoms with van der Waals surface area (Å²) in [5, 5.41) is 7.00. The summed E-state index contributed by atoms with van der Waals surface area (Å²) in [6, 6.07) is 32.0. The molecule has 1 nitrogen and oxygen atoms in total. The van der Waals surface area contributed by atoms with Crippen LogP contribution < -0.4 is 16.4 Å². The summed E-state index contributed by atoms with van der Waals surface area (Å²) >= 11 is 0. The van der Waals surface area contributed by atoms with Gasteiger partial charge in [-0.1, -0.05) is 107 Å². The van der Waals surface area contributed by atoms with Crippen LogP contribution in [0.3, 0.4) is 0 Å². The monoisotopic (exact) mass is 272 g/mol. The lowest BCUT2D eigenvalue weighted by Crippen LogP contribution is -2.51. The highest BCUT2D eigenvalue weighted by molar-refractivity contribution is 6.95. The van der Waals surface area contributed by atoms with E-state index in [0.717, 1.165) is 8.05 Å². The van der Waals surface area contributed by atoms with Gasteiger partial charge in [0.1, 0.15) is 0 Å². The second-order valence-corrected chi connectivity index (χ2v) is 4.67. The molecule has 0 amide bonds. The van der Waals surface area contributed by atoms with Gasteiger partial charge in [0.15, 0.2) is 0 Å². The van der Waals surface area contributed by atoms with Crippen LogP contribution in [-0.4, -0.2) is 19.8 Å². The summed E-state index contributed by atoms with van der Waals surface area (Å²) in [5.74, 6) is 0. The highest BCUT2D eigenvalue weighted by atomic mass is 16.2. The molecule has 102 valence electrons. The Hall–Kier alpha value is -2.25. The standard InChI is InChI=1S/C18H15B.BH3O/c1-4-10-16(11-5-1)19(17-12-6-2-7-13-17)18-14-8-3-9-15-18;1-2/h1-15H;2H,1H2. The largest absolute Gasteiger partial charge is 0.458 e. The van der Waals surface area contributed by atoms with Gasteiger partial charge in [0, 0.05) is 0 Å². The van der Waals surface area contributed by atoms with E-state index in [1.807, 2.05) is 0 Å². The lowest BCUT2D eigenvalue weighted by molar-refractivity contribution is 0.629. The number of rotatable bonds is 3. The Bertz CT molecular complexity index is 533. The Kier molecular flexibility index (Phi) is 5.86. The molecule has 21 heavy (non-hydrogen) atoms. The second kappa shape index (κ2) is 8.13. The summed E-state index contributed by atoms with van der Waals surface area (Å²) in [6.07, 6.45) is 0. The summed E-state index contributed by atoms with van der Waals surface area (Å²) < 4.78 is 0. The summed E-state index contributed by atoms with van der Waals surface area (Å²) in [7, 11) is 1.00. The highest BCUT2D eigenvalue weighted by Crippen LogP contribution is 1.95. The average Bonchev–Trinajstić information content (AvgIpc) is 2.60. The molecule has 0 unspecified atom stereocenters. The quantitative estimate of drug-likeness (QED) is 0.697. The Morgan fingerprint density at radius 2 is 0.714 bits per heavy atom. The van der Waals surface area contributed by atoms with Crippen molar-refractivity contribution in [3.8, 4) is 0 Å². The molecule has 0 aliphatic rings. The topological polar surface area (TPSA) is 20.2 Å². The Morgan fingerprint density at radius 1 is 0.476 bits per heavy atom. The molecular formula is C18H18B2O. The molecular weight excluding hydrogens is 254 g/mol. The fourth-order valence-electron chi connectivity index (χ4n) is 2.51. The van der Waals surface area contributed by atoms with E-state index in [4.69, 9.17) is 5.02 Å². The van der Waals surface area contributed by atoms with E-state index < -0.39 is 0 Å². The van der Waals surface area contributed by atoms with Crippen LogP contribution in [0, 0.1) is 0 Å². The molecule has 3 heteroatoms. The molecule has 0 fully saturated rings. The number of hydrogen-bond donors (Lipinski definition) is 1. The third-order valence-electron chi connectivity index (χ3n) is 3.40. The molecule has 3 aromatic carbocycles. The van der Waals surface area contributed by atoms with Crippen LogP contribution in [0.2, 0.25) is 0 Å². The van der Waals surface area contributed by atoms with Gasteiger partial charge in [0.25, 0.3) is 8.05 Å². The molecule has 0 saturated carbocycles. The number of hydrogen-bond acceptors (Lipinski definition) is 1. The molecule has 1 N–H and O–H groups in total. The van der Waals surface area contributed by atoms with Crippen molar-refractivity contribution in [3.05, 3.63) is 91.0 Å². The van der Waals surface area contributed by atoms with Crippen LogP contribution in [0.25, 0.3) is 0 Å². The fraction of sp³-hybridized carbons (Fsp3) is 0. The van der Waals surface area contributed by atoms with Crippen molar-refractivity contribution in [1.82, 2.24) is 0 Å². The zero-order chi connectivity index (χ0) is 14.9. The van der Waals surface area contributed by atoms with E-state index in [1.165, 1.54) is 16.4 Å². The Morgan fingerprint density at radius 3 is 0.952 bits per heavy atom. The maximum Gasteiger partial charge on any atom is 0.252 e. The molecule has 0 aliphatic carbocycles. The Labute approximate surface area is 127 Å². The van der Waals surface area contributed by atoms with Gasteiger partial charge in [-0.25, -0.2) is 0 Å². The lowest BCUT2D eigenvalue weighted by Gasteiger charge is -2.15. The minimum atomic E-state index is 0.309. The van der Waals surface area contributed by atoms with Crippen LogP contribution in [0.15, 0.2) is 91.0 Å². The first kappa shape index (κ1) is 15.1. The second-order valence-electron chi connectivity index (χ2n) is 4.67. The zero-order valence-electron chi connectivity index (χ0n) is 12.2. The molecule has 0 heterocycles. The third kappa shape index (κ3) is 3.87. The van der Waals surface area contributed by atoms with Gasteiger partial charge in [-0.3, -0.25) is 0 Å². The molecule has 0 aromatic heterocycles. The van der Waals surface area contributed by atoms with Gasteiger partial charge >= 0.3 is 0 Å². The maximum absolute atomic E-state index is 7.00. The summed E-state index contributed by atoms with van der Waals surface area (Å²) in [6.45, 7) is 0.309. The van der Waals surface area contributed by atoms with Gasteiger partial charge in [-0.15, -0.1) is 0 Å². The molecule has 0 spiro atoms. The van der Waals surface area contributed by atoms with Gasteiger partial charge in [0.05, 0.1) is 0 Å². The van der Waals surface area contributed by atoms with Crippen LogP contribution in [0.1, 0.15) is 0 Å². The summed E-state index contributed by atoms with van der Waals surface area (Å²) in [4.78, 5) is 0. The van der Waals surface area contributed by atoms with Crippen LogP contribution in [0.4, 0.5) is 0 Å². The predicted octanol–water partition coefficient (Wildman–Crippen LogP) is 0.730. The molecule has 0 atom stereocenters. The SMILES string of the molecule is BO.c1ccc(B(c2ccccc2)c2ccccc2)cc1. The van der Waals surface area contributed by atoms with E-state index in [-0.39, 0.29) is 0 Å². The first-order chi connectivity index (χ1) is 10.4. The normalized spacial score (nSPS) is 9.38. The zero-order valence-corrected chi connectivity index (χ0v) is 12.2. The fourth-order valence-corrected chi connectivity index (χ4v) is 2.51. The van der Waals surface area contributed by atoms with Crippen molar-refractivity contribution in [1.29, 1.82) is 0 Å². The molecule has 3 aromatic rings. The Balaban J connectivity index is 0.000000774. The van der Waals surface area contributed by atoms with Crippen molar-refractivity contribution in [3.63, 3.8) is 0 Å². The molecule has 0 aliphatic heterocycles. The minimum absolute atomic E-state index is 0.309. The van der Waals surface area contributed by atoms with E-state index >= 15 is 0 Å². The first-order valence-corrected chi connectivity index (χ1v) is 7.05. The van der Waals surface area contributed by atoms with Crippen LogP contribution in [-0.2, 0) is 0 Å². The van der Waals surface area contributed by atoms with Gasteiger partial charge in [-0.05, 0) is 0 Å². The highest BCUT2D eigenvalue weighted by Gasteiger charge is 2.20. The number of benzene rings is 3. The molecule has 0 bridgehead atoms. The van der Waals surface area contributed by atoms with Gasteiger partial charge in [-0.2, -0.15) is 0 Å². The third-order valence-corrected chi connectivity index (χ3v) is 3.40. The van der Waals surface area contributed by atoms with E-state index in [2.05, 4.69) is 91.0 Å². The van der Waals surface area contributed by atoms with Gasteiger partial charge < -0.3 is 5.02 Å². The van der Waals surface area contributed by atoms with Crippen LogP contribution in [0.5, 0.6) is 0 Å². The van der Waals surface area contributed by atoms with Crippen molar-refractivity contribution < 1.29 is 5.02 Å². The summed E-state index contributed by atoms with van der Waals surface area (Å²) in [5.41, 5.74) is 4.00. The molecule has 3 rings (SSSR count). The van der Waals surface area contributed by atoms with Crippen LogP contribution >= 0.6 is 0 Å². The predicted molar refractivity (Wildman–Crippen MR) is 94.7 cm³/mol.